The molecule has 0 fully saturated rings. The average Bonchev–Trinajstić information content (AvgIpc) is 2.26. The zero-order chi connectivity index (χ0) is 12.1. The molecule has 0 aromatic heterocycles. The number of nitrogens with two attached hydrogens (primary N) is 1. The van der Waals surface area contributed by atoms with Gasteiger partial charge in [-0.05, 0) is 31.0 Å². The van der Waals surface area contributed by atoms with E-state index in [9.17, 15) is 4.79 Å². The monoisotopic (exact) mass is 284 g/mol. The number of hydrogen-bond donors (Lipinski definition) is 1. The Hall–Kier alpha value is -0.870. The average molecular weight is 285 g/mol. The Kier molecular flexibility index (Phi) is 4.96. The highest BCUT2D eigenvalue weighted by Gasteiger charge is 2.12. The highest BCUT2D eigenvalue weighted by atomic mass is 79.9. The van der Waals surface area contributed by atoms with Crippen LogP contribution in [0.1, 0.15) is 12.5 Å². The number of nitrogens with zero attached hydrogens (tertiary/aromatic N) is 1. The number of hydrogen-bond acceptors (Lipinski definition) is 2. The standard InChI is InChI=1S/C12H17BrN2O/c1-9(14)12(16)15(2)8-7-10-3-5-11(13)6-4-10/h3-6,9H,7-8,14H2,1-2H3. The van der Waals surface area contributed by atoms with Gasteiger partial charge in [-0.2, -0.15) is 0 Å². The molecule has 0 heterocycles. The van der Waals surface area contributed by atoms with Crippen molar-refractivity contribution in [3.05, 3.63) is 34.3 Å². The van der Waals surface area contributed by atoms with E-state index < -0.39 is 6.04 Å². The fourth-order valence-corrected chi connectivity index (χ4v) is 1.67. The number of benzene rings is 1. The molecule has 2 N–H and O–H groups in total. The molecular formula is C12H17BrN2O. The summed E-state index contributed by atoms with van der Waals surface area (Å²) in [6, 6.07) is 7.68. The molecule has 1 rings (SSSR count). The molecule has 0 bridgehead atoms. The third kappa shape index (κ3) is 3.94. The van der Waals surface area contributed by atoms with E-state index in [0.717, 1.165) is 10.9 Å². The van der Waals surface area contributed by atoms with E-state index in [1.807, 2.05) is 24.3 Å². The van der Waals surface area contributed by atoms with E-state index in [2.05, 4.69) is 15.9 Å². The predicted molar refractivity (Wildman–Crippen MR) is 69.1 cm³/mol. The van der Waals surface area contributed by atoms with E-state index in [1.165, 1.54) is 5.56 Å². The third-order valence-electron chi connectivity index (χ3n) is 2.41. The van der Waals surface area contributed by atoms with Gasteiger partial charge in [0, 0.05) is 18.1 Å². The molecule has 0 radical (unpaired) electrons. The van der Waals surface area contributed by atoms with Gasteiger partial charge in [-0.1, -0.05) is 28.1 Å². The van der Waals surface area contributed by atoms with Gasteiger partial charge in [-0.25, -0.2) is 0 Å². The molecule has 0 spiro atoms. The van der Waals surface area contributed by atoms with Crippen LogP contribution in [-0.2, 0) is 11.2 Å². The second-order valence-corrected chi connectivity index (χ2v) is 4.84. The molecule has 0 aliphatic heterocycles. The Bertz CT molecular complexity index is 349. The summed E-state index contributed by atoms with van der Waals surface area (Å²) in [7, 11) is 1.78. The molecular weight excluding hydrogens is 268 g/mol. The smallest absolute Gasteiger partial charge is 0.238 e. The normalized spacial score (nSPS) is 12.2. The van der Waals surface area contributed by atoms with Gasteiger partial charge < -0.3 is 10.6 Å². The highest BCUT2D eigenvalue weighted by Crippen LogP contribution is 2.11. The van der Waals surface area contributed by atoms with E-state index in [4.69, 9.17) is 5.73 Å². The fraction of sp³-hybridized carbons (Fsp3) is 0.417. The van der Waals surface area contributed by atoms with Crippen molar-refractivity contribution < 1.29 is 4.79 Å². The second kappa shape index (κ2) is 6.01. The second-order valence-electron chi connectivity index (χ2n) is 3.92. The zero-order valence-electron chi connectivity index (χ0n) is 9.61. The topological polar surface area (TPSA) is 46.3 Å². The summed E-state index contributed by atoms with van der Waals surface area (Å²) in [5.41, 5.74) is 6.74. The summed E-state index contributed by atoms with van der Waals surface area (Å²) in [6.45, 7) is 2.40. The van der Waals surface area contributed by atoms with Crippen molar-refractivity contribution in [3.8, 4) is 0 Å². The lowest BCUT2D eigenvalue weighted by atomic mass is 10.1. The predicted octanol–water partition coefficient (Wildman–Crippen LogP) is 1.80. The Morgan fingerprint density at radius 2 is 2.00 bits per heavy atom. The number of likely N-dealkylation sites (N-methyl/N-ethyl adjacent to an activating group) is 1. The summed E-state index contributed by atoms with van der Waals surface area (Å²) < 4.78 is 1.07. The lowest BCUT2D eigenvalue weighted by Crippen LogP contribution is -2.40. The number of carbonyl (C=O) groups excluding carboxylic acids is 1. The van der Waals surface area contributed by atoms with Gasteiger partial charge in [0.2, 0.25) is 5.91 Å². The summed E-state index contributed by atoms with van der Waals surface area (Å²) in [5.74, 6) is -0.0166. The molecule has 4 heteroatoms. The maximum Gasteiger partial charge on any atom is 0.238 e. The minimum absolute atomic E-state index is 0.0166. The summed E-state index contributed by atoms with van der Waals surface area (Å²) in [6.07, 6.45) is 0.849. The molecule has 1 atom stereocenters. The maximum atomic E-state index is 11.5. The zero-order valence-corrected chi connectivity index (χ0v) is 11.2. The molecule has 1 aromatic carbocycles. The fourth-order valence-electron chi connectivity index (χ4n) is 1.41. The van der Waals surface area contributed by atoms with E-state index in [1.54, 1.807) is 18.9 Å². The minimum atomic E-state index is -0.421. The number of rotatable bonds is 4. The minimum Gasteiger partial charge on any atom is -0.344 e. The molecule has 0 aliphatic rings. The summed E-state index contributed by atoms with van der Waals surface area (Å²) in [4.78, 5) is 13.2. The van der Waals surface area contributed by atoms with Gasteiger partial charge in [0.15, 0.2) is 0 Å². The van der Waals surface area contributed by atoms with Crippen molar-refractivity contribution in [1.82, 2.24) is 4.90 Å². The van der Waals surface area contributed by atoms with Crippen LogP contribution in [0.3, 0.4) is 0 Å². The first-order valence-corrected chi connectivity index (χ1v) is 6.05. The Labute approximate surface area is 105 Å². The van der Waals surface area contributed by atoms with Crippen LogP contribution in [0.5, 0.6) is 0 Å². The van der Waals surface area contributed by atoms with Crippen molar-refractivity contribution in [3.63, 3.8) is 0 Å². The number of halogens is 1. The lowest BCUT2D eigenvalue weighted by Gasteiger charge is -2.19. The number of amides is 1. The lowest BCUT2D eigenvalue weighted by molar-refractivity contribution is -0.130. The molecule has 1 amide bonds. The number of carbonyl (C=O) groups is 1. The molecule has 1 unspecified atom stereocenters. The van der Waals surface area contributed by atoms with Crippen LogP contribution in [0.25, 0.3) is 0 Å². The van der Waals surface area contributed by atoms with Crippen molar-refractivity contribution >= 4 is 21.8 Å². The van der Waals surface area contributed by atoms with E-state index in [-0.39, 0.29) is 5.91 Å². The SMILES string of the molecule is CC(N)C(=O)N(C)CCc1ccc(Br)cc1. The first-order valence-electron chi connectivity index (χ1n) is 5.25. The molecule has 88 valence electrons. The molecule has 0 aliphatic carbocycles. The first-order chi connectivity index (χ1) is 7.50. The molecule has 3 nitrogen and oxygen atoms in total. The van der Waals surface area contributed by atoms with Crippen molar-refractivity contribution in [2.75, 3.05) is 13.6 Å². The van der Waals surface area contributed by atoms with Crippen molar-refractivity contribution in [2.45, 2.75) is 19.4 Å². The Balaban J connectivity index is 2.45. The van der Waals surface area contributed by atoms with Crippen molar-refractivity contribution in [2.24, 2.45) is 5.73 Å². The maximum absolute atomic E-state index is 11.5. The van der Waals surface area contributed by atoms with Gasteiger partial charge >= 0.3 is 0 Å². The van der Waals surface area contributed by atoms with Crippen LogP contribution in [0.2, 0.25) is 0 Å². The van der Waals surface area contributed by atoms with Gasteiger partial charge in [0.05, 0.1) is 6.04 Å². The van der Waals surface area contributed by atoms with Crippen LogP contribution in [0.15, 0.2) is 28.7 Å². The molecule has 0 saturated carbocycles. The highest BCUT2D eigenvalue weighted by molar-refractivity contribution is 9.10. The first kappa shape index (κ1) is 13.2. The van der Waals surface area contributed by atoms with Crippen LogP contribution in [0.4, 0.5) is 0 Å². The van der Waals surface area contributed by atoms with E-state index in [0.29, 0.717) is 6.54 Å². The summed E-state index contributed by atoms with van der Waals surface area (Å²) in [5, 5.41) is 0. The van der Waals surface area contributed by atoms with Gasteiger partial charge in [0.1, 0.15) is 0 Å². The Morgan fingerprint density at radius 1 is 1.44 bits per heavy atom. The Morgan fingerprint density at radius 3 is 2.50 bits per heavy atom. The van der Waals surface area contributed by atoms with Gasteiger partial charge in [-0.3, -0.25) is 4.79 Å². The van der Waals surface area contributed by atoms with Crippen LogP contribution in [0, 0.1) is 0 Å². The third-order valence-corrected chi connectivity index (χ3v) is 2.94. The largest absolute Gasteiger partial charge is 0.344 e. The quantitative estimate of drug-likeness (QED) is 0.917. The molecule has 0 saturated heterocycles. The summed E-state index contributed by atoms with van der Waals surface area (Å²) >= 11 is 3.39. The van der Waals surface area contributed by atoms with Crippen LogP contribution in [-0.4, -0.2) is 30.4 Å². The molecule has 16 heavy (non-hydrogen) atoms. The van der Waals surface area contributed by atoms with E-state index >= 15 is 0 Å². The van der Waals surface area contributed by atoms with Crippen LogP contribution < -0.4 is 5.73 Å². The molecule has 1 aromatic rings. The van der Waals surface area contributed by atoms with Crippen molar-refractivity contribution in [1.29, 1.82) is 0 Å². The van der Waals surface area contributed by atoms with Gasteiger partial charge in [0.25, 0.3) is 0 Å². The van der Waals surface area contributed by atoms with Gasteiger partial charge in [-0.15, -0.1) is 0 Å². The van der Waals surface area contributed by atoms with Crippen LogP contribution >= 0.6 is 15.9 Å².